The van der Waals surface area contributed by atoms with E-state index in [1.54, 1.807) is 30.5 Å². The molecule has 0 saturated heterocycles. The topological polar surface area (TPSA) is 71.8 Å². The summed E-state index contributed by atoms with van der Waals surface area (Å²) in [4.78, 5) is 21.8. The number of carbonyl (C=O) groups is 1. The van der Waals surface area contributed by atoms with Crippen LogP contribution in [-0.2, 0) is 16.2 Å². The Hall–Kier alpha value is -2.34. The Bertz CT molecular complexity index is 698. The van der Waals surface area contributed by atoms with Crippen LogP contribution in [0.4, 0.5) is 0 Å². The van der Waals surface area contributed by atoms with Crippen molar-refractivity contribution in [1.29, 1.82) is 0 Å². The largest absolute Gasteiger partial charge is 0.476 e. The monoisotopic (exact) mass is 328 g/mol. The Morgan fingerprint density at radius 1 is 1.26 bits per heavy atom. The summed E-state index contributed by atoms with van der Waals surface area (Å²) in [6, 6.07) is 12.8. The normalized spacial score (nSPS) is 14.5. The van der Waals surface area contributed by atoms with E-state index in [1.165, 1.54) is 12.8 Å². The lowest BCUT2D eigenvalue weighted by Crippen LogP contribution is -2.15. The molecular weight excluding hydrogens is 312 g/mol. The van der Waals surface area contributed by atoms with Crippen molar-refractivity contribution in [2.75, 3.05) is 0 Å². The van der Waals surface area contributed by atoms with Crippen LogP contribution in [0.15, 0.2) is 58.7 Å². The van der Waals surface area contributed by atoms with Gasteiger partial charge in [-0.1, -0.05) is 23.4 Å². The summed E-state index contributed by atoms with van der Waals surface area (Å²) >= 11 is 1.83. The summed E-state index contributed by atoms with van der Waals surface area (Å²) < 4.78 is 0. The van der Waals surface area contributed by atoms with Gasteiger partial charge in [0.1, 0.15) is 0 Å². The summed E-state index contributed by atoms with van der Waals surface area (Å²) in [5, 5.41) is 13.8. The third-order valence-electron chi connectivity index (χ3n) is 3.25. The van der Waals surface area contributed by atoms with Gasteiger partial charge < -0.3 is 9.94 Å². The molecule has 0 aliphatic heterocycles. The molecule has 118 valence electrons. The minimum atomic E-state index is -1.12. The molecule has 1 fully saturated rings. The predicted molar refractivity (Wildman–Crippen MR) is 88.5 cm³/mol. The number of nitrogens with zero attached hydrogens (tertiary/aromatic N) is 2. The quantitative estimate of drug-likeness (QED) is 0.623. The number of carboxylic acid groups (broad SMARTS) is 1. The number of benzene rings is 1. The van der Waals surface area contributed by atoms with Gasteiger partial charge in [-0.3, -0.25) is 4.98 Å². The van der Waals surface area contributed by atoms with E-state index < -0.39 is 5.97 Å². The second-order valence-corrected chi connectivity index (χ2v) is 6.55. The molecule has 1 aliphatic rings. The summed E-state index contributed by atoms with van der Waals surface area (Å²) in [6.07, 6.45) is 4.17. The van der Waals surface area contributed by atoms with E-state index in [2.05, 4.69) is 10.1 Å². The van der Waals surface area contributed by atoms with Crippen LogP contribution >= 0.6 is 11.8 Å². The van der Waals surface area contributed by atoms with E-state index in [0.717, 1.165) is 10.1 Å². The Morgan fingerprint density at radius 3 is 2.65 bits per heavy atom. The molecule has 1 N–H and O–H groups in total. The van der Waals surface area contributed by atoms with Crippen LogP contribution in [0.2, 0.25) is 0 Å². The average Bonchev–Trinajstić information content (AvgIpc) is 3.37. The number of aliphatic carboxylic acids is 1. The van der Waals surface area contributed by atoms with E-state index in [4.69, 9.17) is 4.84 Å². The molecule has 5 nitrogen and oxygen atoms in total. The van der Waals surface area contributed by atoms with Crippen molar-refractivity contribution >= 4 is 23.4 Å². The third-order valence-corrected chi connectivity index (χ3v) is 4.60. The van der Waals surface area contributed by atoms with Crippen LogP contribution in [0.25, 0.3) is 0 Å². The molecule has 0 atom stereocenters. The van der Waals surface area contributed by atoms with Gasteiger partial charge in [0.05, 0.1) is 5.69 Å². The van der Waals surface area contributed by atoms with Gasteiger partial charge >= 0.3 is 5.97 Å². The van der Waals surface area contributed by atoms with Gasteiger partial charge in [0.15, 0.2) is 12.3 Å². The summed E-state index contributed by atoms with van der Waals surface area (Å²) in [5.74, 6) is -1.12. The van der Waals surface area contributed by atoms with Gasteiger partial charge in [0.2, 0.25) is 0 Å². The summed E-state index contributed by atoms with van der Waals surface area (Å²) in [5.41, 5.74) is 1.11. The number of aromatic nitrogens is 1. The number of hydrogen-bond acceptors (Lipinski definition) is 5. The Kier molecular flexibility index (Phi) is 4.92. The maximum Gasteiger partial charge on any atom is 0.358 e. The number of carboxylic acids is 1. The zero-order chi connectivity index (χ0) is 16.1. The third kappa shape index (κ3) is 4.56. The first kappa shape index (κ1) is 15.6. The maximum atomic E-state index is 11.4. The molecule has 0 spiro atoms. The van der Waals surface area contributed by atoms with E-state index >= 15 is 0 Å². The molecule has 1 saturated carbocycles. The van der Waals surface area contributed by atoms with E-state index in [9.17, 15) is 9.90 Å². The van der Waals surface area contributed by atoms with Crippen molar-refractivity contribution in [3.63, 3.8) is 0 Å². The van der Waals surface area contributed by atoms with Gasteiger partial charge in [0, 0.05) is 21.9 Å². The van der Waals surface area contributed by atoms with Crippen LogP contribution in [0.1, 0.15) is 24.1 Å². The van der Waals surface area contributed by atoms with Gasteiger partial charge in [-0.05, 0) is 37.1 Å². The fourth-order valence-corrected chi connectivity index (χ4v) is 2.98. The SMILES string of the molecule is O=C(O)/C(=N/OCc1ccccn1)c1ccc(SC2CC2)cc1. The lowest BCUT2D eigenvalue weighted by atomic mass is 10.1. The van der Waals surface area contributed by atoms with Crippen LogP contribution in [0.5, 0.6) is 0 Å². The molecule has 0 radical (unpaired) electrons. The molecule has 6 heteroatoms. The molecule has 0 bridgehead atoms. The Balaban J connectivity index is 1.67. The number of hydrogen-bond donors (Lipinski definition) is 1. The highest BCUT2D eigenvalue weighted by Gasteiger charge is 2.22. The number of thioether (sulfide) groups is 1. The van der Waals surface area contributed by atoms with Crippen LogP contribution in [0, 0.1) is 0 Å². The fraction of sp³-hybridized carbons (Fsp3) is 0.235. The molecule has 23 heavy (non-hydrogen) atoms. The highest BCUT2D eigenvalue weighted by Crippen LogP contribution is 2.39. The molecular formula is C17H16N2O3S. The lowest BCUT2D eigenvalue weighted by molar-refractivity contribution is -0.129. The van der Waals surface area contributed by atoms with Crippen molar-refractivity contribution in [3.8, 4) is 0 Å². The van der Waals surface area contributed by atoms with Gasteiger partial charge in [-0.15, -0.1) is 11.8 Å². The second kappa shape index (κ2) is 7.28. The smallest absolute Gasteiger partial charge is 0.358 e. The van der Waals surface area contributed by atoms with Crippen LogP contribution in [-0.4, -0.2) is 27.0 Å². The highest BCUT2D eigenvalue weighted by atomic mass is 32.2. The fourth-order valence-electron chi connectivity index (χ4n) is 1.93. The maximum absolute atomic E-state index is 11.4. The Morgan fingerprint density at radius 2 is 2.04 bits per heavy atom. The molecule has 1 heterocycles. The number of oxime groups is 1. The average molecular weight is 328 g/mol. The van der Waals surface area contributed by atoms with Crippen molar-refractivity contribution in [1.82, 2.24) is 4.98 Å². The standard InChI is InChI=1S/C17H16N2O3S/c20-17(21)16(19-22-11-13-3-1-2-10-18-13)12-4-6-14(7-5-12)23-15-8-9-15/h1-7,10,15H,8-9,11H2,(H,20,21)/b19-16+. The van der Waals surface area contributed by atoms with Crippen molar-refractivity contribution in [2.24, 2.45) is 5.16 Å². The molecule has 3 rings (SSSR count). The van der Waals surface area contributed by atoms with Gasteiger partial charge in [-0.25, -0.2) is 4.79 Å². The first-order valence-electron chi connectivity index (χ1n) is 7.32. The van der Waals surface area contributed by atoms with Crippen LogP contribution < -0.4 is 0 Å². The number of pyridine rings is 1. The zero-order valence-electron chi connectivity index (χ0n) is 12.4. The van der Waals surface area contributed by atoms with E-state index in [-0.39, 0.29) is 12.3 Å². The van der Waals surface area contributed by atoms with Gasteiger partial charge in [-0.2, -0.15) is 0 Å². The first-order chi connectivity index (χ1) is 11.2. The minimum absolute atomic E-state index is 0.107. The molecule has 1 aromatic carbocycles. The van der Waals surface area contributed by atoms with E-state index in [1.807, 2.05) is 30.0 Å². The number of rotatable bonds is 7. The van der Waals surface area contributed by atoms with Crippen molar-refractivity contribution in [3.05, 3.63) is 59.9 Å². The molecule has 1 aromatic heterocycles. The van der Waals surface area contributed by atoms with Gasteiger partial charge in [0.25, 0.3) is 0 Å². The first-order valence-corrected chi connectivity index (χ1v) is 8.20. The van der Waals surface area contributed by atoms with E-state index in [0.29, 0.717) is 11.3 Å². The molecule has 2 aromatic rings. The summed E-state index contributed by atoms with van der Waals surface area (Å²) in [6.45, 7) is 0.132. The Labute approximate surface area is 138 Å². The lowest BCUT2D eigenvalue weighted by Gasteiger charge is -2.04. The molecule has 0 unspecified atom stereocenters. The van der Waals surface area contributed by atoms with Crippen molar-refractivity contribution < 1.29 is 14.7 Å². The molecule has 1 aliphatic carbocycles. The zero-order valence-corrected chi connectivity index (χ0v) is 13.2. The predicted octanol–water partition coefficient (Wildman–Crippen LogP) is 3.34. The van der Waals surface area contributed by atoms with Crippen LogP contribution in [0.3, 0.4) is 0 Å². The minimum Gasteiger partial charge on any atom is -0.476 e. The molecule has 0 amide bonds. The van der Waals surface area contributed by atoms with Crippen molar-refractivity contribution in [2.45, 2.75) is 29.6 Å². The highest BCUT2D eigenvalue weighted by molar-refractivity contribution is 8.00. The second-order valence-electron chi connectivity index (χ2n) is 5.18. The summed E-state index contributed by atoms with van der Waals surface area (Å²) in [7, 11) is 0.